The predicted molar refractivity (Wildman–Crippen MR) is 70.5 cm³/mol. The zero-order valence-electron chi connectivity index (χ0n) is 10.8. The van der Waals surface area contributed by atoms with Crippen molar-refractivity contribution in [3.8, 4) is 0 Å². The third-order valence-corrected chi connectivity index (χ3v) is 4.30. The Morgan fingerprint density at radius 2 is 2.22 bits per heavy atom. The van der Waals surface area contributed by atoms with Gasteiger partial charge in [-0.25, -0.2) is 4.79 Å². The molecule has 1 aliphatic carbocycles. The van der Waals surface area contributed by atoms with Gasteiger partial charge < -0.3 is 10.2 Å². The number of urea groups is 1. The molecule has 2 amide bonds. The molecule has 2 fully saturated rings. The van der Waals surface area contributed by atoms with Crippen LogP contribution in [0, 0.1) is 12.3 Å². The fourth-order valence-corrected chi connectivity index (χ4v) is 2.94. The number of hydrogen-bond donors (Lipinski definition) is 1. The molecular weight excluding hydrogens is 226 g/mol. The maximum atomic E-state index is 12.1. The summed E-state index contributed by atoms with van der Waals surface area (Å²) in [6.07, 6.45) is 6.80. The Balaban J connectivity index is 1.60. The Morgan fingerprint density at radius 3 is 2.78 bits per heavy atom. The molecular formula is C14H19N3O. The highest BCUT2D eigenvalue weighted by molar-refractivity contribution is 5.89. The molecule has 2 heterocycles. The fourth-order valence-electron chi connectivity index (χ4n) is 2.94. The quantitative estimate of drug-likeness (QED) is 0.827. The number of hydrogen-bond acceptors (Lipinski definition) is 2. The molecule has 0 atom stereocenters. The lowest BCUT2D eigenvalue weighted by Gasteiger charge is -2.37. The number of aromatic nitrogens is 1. The molecule has 1 spiro atoms. The smallest absolute Gasteiger partial charge is 0.321 e. The minimum atomic E-state index is 0.0180. The molecule has 3 rings (SSSR count). The predicted octanol–water partition coefficient (Wildman–Crippen LogP) is 2.80. The highest BCUT2D eigenvalue weighted by Crippen LogP contribution is 2.47. The van der Waals surface area contributed by atoms with E-state index in [0.717, 1.165) is 24.5 Å². The van der Waals surface area contributed by atoms with Crippen molar-refractivity contribution in [1.82, 2.24) is 9.88 Å². The van der Waals surface area contributed by atoms with Crippen LogP contribution in [-0.4, -0.2) is 29.0 Å². The van der Waals surface area contributed by atoms with E-state index in [1.165, 1.54) is 25.7 Å². The van der Waals surface area contributed by atoms with Crippen LogP contribution in [0.15, 0.2) is 18.3 Å². The number of nitrogens with zero attached hydrogens (tertiary/aromatic N) is 2. The largest absolute Gasteiger partial charge is 0.324 e. The standard InChI is InChI=1S/C14H19N3O/c1-11-3-4-12(9-15-11)16-13(18)17-8-7-14(10-17)5-2-6-14/h3-4,9H,2,5-8,10H2,1H3,(H,16,18). The number of pyridine rings is 1. The summed E-state index contributed by atoms with van der Waals surface area (Å²) in [6, 6.07) is 3.83. The van der Waals surface area contributed by atoms with Crippen LogP contribution in [0.1, 0.15) is 31.4 Å². The van der Waals surface area contributed by atoms with Gasteiger partial charge in [-0.3, -0.25) is 4.98 Å². The van der Waals surface area contributed by atoms with Crippen LogP contribution < -0.4 is 5.32 Å². The van der Waals surface area contributed by atoms with E-state index in [1.54, 1.807) is 6.20 Å². The maximum absolute atomic E-state index is 12.1. The van der Waals surface area contributed by atoms with Gasteiger partial charge in [0.2, 0.25) is 0 Å². The van der Waals surface area contributed by atoms with E-state index in [1.807, 2.05) is 24.0 Å². The Bertz CT molecular complexity index is 451. The Hall–Kier alpha value is -1.58. The molecule has 1 aliphatic heterocycles. The first-order valence-corrected chi connectivity index (χ1v) is 6.66. The Kier molecular flexibility index (Phi) is 2.73. The van der Waals surface area contributed by atoms with Gasteiger partial charge in [0.25, 0.3) is 0 Å². The van der Waals surface area contributed by atoms with Crippen molar-refractivity contribution < 1.29 is 4.79 Å². The third-order valence-electron chi connectivity index (χ3n) is 4.30. The highest BCUT2D eigenvalue weighted by atomic mass is 16.2. The zero-order valence-corrected chi connectivity index (χ0v) is 10.8. The molecule has 18 heavy (non-hydrogen) atoms. The molecule has 1 N–H and O–H groups in total. The van der Waals surface area contributed by atoms with E-state index in [9.17, 15) is 4.79 Å². The van der Waals surface area contributed by atoms with Gasteiger partial charge in [0.05, 0.1) is 11.9 Å². The second-order valence-corrected chi connectivity index (χ2v) is 5.64. The first-order valence-electron chi connectivity index (χ1n) is 6.66. The second-order valence-electron chi connectivity index (χ2n) is 5.64. The Labute approximate surface area is 107 Å². The van der Waals surface area contributed by atoms with Crippen molar-refractivity contribution in [2.24, 2.45) is 5.41 Å². The third kappa shape index (κ3) is 2.07. The van der Waals surface area contributed by atoms with Crippen LogP contribution in [0.4, 0.5) is 10.5 Å². The summed E-state index contributed by atoms with van der Waals surface area (Å²) in [5.41, 5.74) is 2.20. The van der Waals surface area contributed by atoms with Crippen LogP contribution in [-0.2, 0) is 0 Å². The van der Waals surface area contributed by atoms with Crippen molar-refractivity contribution in [3.05, 3.63) is 24.0 Å². The molecule has 4 heteroatoms. The van der Waals surface area contributed by atoms with E-state index in [0.29, 0.717) is 5.41 Å². The van der Waals surface area contributed by atoms with Crippen molar-refractivity contribution in [2.45, 2.75) is 32.6 Å². The summed E-state index contributed by atoms with van der Waals surface area (Å²) in [7, 11) is 0. The first-order chi connectivity index (χ1) is 8.67. The van der Waals surface area contributed by atoms with E-state index in [-0.39, 0.29) is 6.03 Å². The van der Waals surface area contributed by atoms with Gasteiger partial charge in [-0.2, -0.15) is 0 Å². The van der Waals surface area contributed by atoms with E-state index >= 15 is 0 Å². The van der Waals surface area contributed by atoms with Gasteiger partial charge >= 0.3 is 6.03 Å². The summed E-state index contributed by atoms with van der Waals surface area (Å²) < 4.78 is 0. The van der Waals surface area contributed by atoms with Gasteiger partial charge in [0, 0.05) is 18.8 Å². The van der Waals surface area contributed by atoms with Gasteiger partial charge in [-0.15, -0.1) is 0 Å². The fraction of sp³-hybridized carbons (Fsp3) is 0.571. The van der Waals surface area contributed by atoms with Crippen LogP contribution in [0.2, 0.25) is 0 Å². The number of likely N-dealkylation sites (tertiary alicyclic amines) is 1. The van der Waals surface area contributed by atoms with Crippen LogP contribution in [0.3, 0.4) is 0 Å². The lowest BCUT2D eigenvalue weighted by molar-refractivity contribution is 0.144. The highest BCUT2D eigenvalue weighted by Gasteiger charge is 2.44. The molecule has 1 aromatic rings. The van der Waals surface area contributed by atoms with Gasteiger partial charge in [0.15, 0.2) is 0 Å². The van der Waals surface area contributed by atoms with Crippen molar-refractivity contribution in [2.75, 3.05) is 18.4 Å². The summed E-state index contributed by atoms with van der Waals surface area (Å²) in [5.74, 6) is 0. The molecule has 96 valence electrons. The summed E-state index contributed by atoms with van der Waals surface area (Å²) in [5, 5.41) is 2.92. The average Bonchev–Trinajstić information content (AvgIpc) is 2.77. The molecule has 1 saturated heterocycles. The SMILES string of the molecule is Cc1ccc(NC(=O)N2CCC3(CCC3)C2)cn1. The summed E-state index contributed by atoms with van der Waals surface area (Å²) >= 11 is 0. The molecule has 2 aliphatic rings. The minimum absolute atomic E-state index is 0.0180. The molecule has 0 unspecified atom stereocenters. The van der Waals surface area contributed by atoms with Crippen molar-refractivity contribution in [1.29, 1.82) is 0 Å². The average molecular weight is 245 g/mol. The monoisotopic (exact) mass is 245 g/mol. The van der Waals surface area contributed by atoms with Crippen molar-refractivity contribution >= 4 is 11.7 Å². The van der Waals surface area contributed by atoms with Crippen LogP contribution >= 0.6 is 0 Å². The molecule has 0 radical (unpaired) electrons. The Morgan fingerprint density at radius 1 is 1.39 bits per heavy atom. The summed E-state index contributed by atoms with van der Waals surface area (Å²) in [6.45, 7) is 3.76. The number of aryl methyl sites for hydroxylation is 1. The van der Waals surface area contributed by atoms with E-state index in [4.69, 9.17) is 0 Å². The summed E-state index contributed by atoms with van der Waals surface area (Å²) in [4.78, 5) is 18.2. The van der Waals surface area contributed by atoms with Gasteiger partial charge in [-0.05, 0) is 43.7 Å². The number of amides is 2. The number of carbonyl (C=O) groups excluding carboxylic acids is 1. The van der Waals surface area contributed by atoms with Crippen LogP contribution in [0.25, 0.3) is 0 Å². The normalized spacial score (nSPS) is 20.8. The van der Waals surface area contributed by atoms with E-state index < -0.39 is 0 Å². The number of nitrogens with one attached hydrogen (secondary N) is 1. The lowest BCUT2D eigenvalue weighted by atomic mass is 9.68. The molecule has 1 saturated carbocycles. The van der Waals surface area contributed by atoms with Gasteiger partial charge in [0.1, 0.15) is 0 Å². The molecule has 0 aromatic carbocycles. The number of anilines is 1. The van der Waals surface area contributed by atoms with Crippen LogP contribution in [0.5, 0.6) is 0 Å². The maximum Gasteiger partial charge on any atom is 0.321 e. The number of carbonyl (C=O) groups is 1. The molecule has 4 nitrogen and oxygen atoms in total. The van der Waals surface area contributed by atoms with Gasteiger partial charge in [-0.1, -0.05) is 6.42 Å². The minimum Gasteiger partial charge on any atom is -0.324 e. The number of rotatable bonds is 1. The van der Waals surface area contributed by atoms with E-state index in [2.05, 4.69) is 10.3 Å². The molecule has 0 bridgehead atoms. The molecule has 1 aromatic heterocycles. The van der Waals surface area contributed by atoms with Crippen molar-refractivity contribution in [3.63, 3.8) is 0 Å². The lowest BCUT2D eigenvalue weighted by Crippen LogP contribution is -2.37. The zero-order chi connectivity index (χ0) is 12.6. The first kappa shape index (κ1) is 11.5. The topological polar surface area (TPSA) is 45.2 Å². The second kappa shape index (κ2) is 4.26.